The van der Waals surface area contributed by atoms with E-state index in [1.165, 1.54) is 35.0 Å². The number of aryl methyl sites for hydroxylation is 3. The Kier molecular flexibility index (Phi) is 5.33. The molecule has 0 aliphatic heterocycles. The van der Waals surface area contributed by atoms with E-state index in [-0.39, 0.29) is 12.4 Å². The van der Waals surface area contributed by atoms with Gasteiger partial charge >= 0.3 is 0 Å². The molecule has 1 aliphatic carbocycles. The average molecular weight is 388 g/mol. The smallest absolute Gasteiger partial charge is 0.146 e. The average Bonchev–Trinajstić information content (AvgIpc) is 3.43. The molecule has 0 unspecified atom stereocenters. The number of benzene rings is 1. The first kappa shape index (κ1) is 19.5. The molecule has 1 saturated carbocycles. The first-order valence-electron chi connectivity index (χ1n) is 9.22. The molecule has 27 heavy (non-hydrogen) atoms. The highest BCUT2D eigenvalue weighted by molar-refractivity contribution is 5.93. The Hall–Kier alpha value is -2.27. The maximum atomic E-state index is 5.68. The highest BCUT2D eigenvalue weighted by Gasteiger charge is 2.31. The Balaban J connectivity index is 0.00000210. The van der Waals surface area contributed by atoms with Gasteiger partial charge in [-0.05, 0) is 52.7 Å². The van der Waals surface area contributed by atoms with Crippen molar-refractivity contribution >= 4 is 23.2 Å². The SMILES string of the molecule is CCOc1ccc(-n2c(C)c3c(C)nnc(C4CC4)c3c2C)c(OC)c1.Cl. The lowest BCUT2D eigenvalue weighted by atomic mass is 10.1. The molecule has 0 spiro atoms. The number of methoxy groups -OCH3 is 1. The van der Waals surface area contributed by atoms with Gasteiger partial charge in [-0.2, -0.15) is 10.2 Å². The molecule has 0 N–H and O–H groups in total. The van der Waals surface area contributed by atoms with Gasteiger partial charge in [0.25, 0.3) is 0 Å². The van der Waals surface area contributed by atoms with E-state index < -0.39 is 0 Å². The van der Waals surface area contributed by atoms with Gasteiger partial charge in [0.15, 0.2) is 0 Å². The minimum absolute atomic E-state index is 0. The van der Waals surface area contributed by atoms with Gasteiger partial charge < -0.3 is 14.0 Å². The molecule has 4 rings (SSSR count). The van der Waals surface area contributed by atoms with Crippen LogP contribution in [-0.4, -0.2) is 28.5 Å². The molecule has 1 aromatic carbocycles. The van der Waals surface area contributed by atoms with Gasteiger partial charge in [-0.15, -0.1) is 12.4 Å². The van der Waals surface area contributed by atoms with Gasteiger partial charge in [0.2, 0.25) is 0 Å². The maximum absolute atomic E-state index is 5.68. The third kappa shape index (κ3) is 3.14. The van der Waals surface area contributed by atoms with Crippen LogP contribution in [0.3, 0.4) is 0 Å². The summed E-state index contributed by atoms with van der Waals surface area (Å²) in [5, 5.41) is 11.5. The molecule has 0 radical (unpaired) electrons. The zero-order chi connectivity index (χ0) is 18.4. The number of rotatable bonds is 5. The zero-order valence-corrected chi connectivity index (χ0v) is 17.3. The van der Waals surface area contributed by atoms with Crippen LogP contribution < -0.4 is 9.47 Å². The Bertz CT molecular complexity index is 993. The third-order valence-corrected chi connectivity index (χ3v) is 5.24. The molecule has 1 fully saturated rings. The second-order valence-electron chi connectivity index (χ2n) is 6.97. The molecule has 0 atom stereocenters. The number of aromatic nitrogens is 3. The summed E-state index contributed by atoms with van der Waals surface area (Å²) >= 11 is 0. The Morgan fingerprint density at radius 2 is 1.78 bits per heavy atom. The summed E-state index contributed by atoms with van der Waals surface area (Å²) < 4.78 is 13.6. The zero-order valence-electron chi connectivity index (χ0n) is 16.5. The van der Waals surface area contributed by atoms with Gasteiger partial charge in [-0.25, -0.2) is 0 Å². The number of ether oxygens (including phenoxy) is 2. The Labute approximate surface area is 166 Å². The lowest BCUT2D eigenvalue weighted by molar-refractivity contribution is 0.336. The van der Waals surface area contributed by atoms with Gasteiger partial charge in [0.05, 0.1) is 30.8 Å². The molecule has 6 heteroatoms. The van der Waals surface area contributed by atoms with Crippen LogP contribution in [0.1, 0.15) is 48.5 Å². The Morgan fingerprint density at radius 3 is 2.41 bits per heavy atom. The number of nitrogens with zero attached hydrogens (tertiary/aromatic N) is 3. The van der Waals surface area contributed by atoms with Crippen molar-refractivity contribution in [1.29, 1.82) is 0 Å². The standard InChI is InChI=1S/C21H25N3O2.ClH/c1-6-26-16-9-10-17(18(11-16)25-5)24-13(3)19-12(2)22-23-21(15-7-8-15)20(19)14(24)4;/h9-11,15H,6-8H2,1-5H3;1H. The van der Waals surface area contributed by atoms with Gasteiger partial charge in [0.1, 0.15) is 11.5 Å². The first-order valence-corrected chi connectivity index (χ1v) is 9.22. The predicted molar refractivity (Wildman–Crippen MR) is 110 cm³/mol. The van der Waals surface area contributed by atoms with Crippen molar-refractivity contribution in [3.8, 4) is 17.2 Å². The summed E-state index contributed by atoms with van der Waals surface area (Å²) in [6, 6.07) is 6.01. The van der Waals surface area contributed by atoms with E-state index >= 15 is 0 Å². The summed E-state index contributed by atoms with van der Waals surface area (Å²) in [6.45, 7) is 8.97. The molecule has 3 aromatic rings. The minimum atomic E-state index is 0. The van der Waals surface area contributed by atoms with Crippen LogP contribution in [0, 0.1) is 20.8 Å². The van der Waals surface area contributed by atoms with Crippen LogP contribution in [0.25, 0.3) is 16.5 Å². The first-order chi connectivity index (χ1) is 12.6. The van der Waals surface area contributed by atoms with Gasteiger partial charge in [-0.3, -0.25) is 0 Å². The van der Waals surface area contributed by atoms with E-state index in [4.69, 9.17) is 9.47 Å². The fraction of sp³-hybridized carbons (Fsp3) is 0.429. The van der Waals surface area contributed by atoms with Crippen LogP contribution in [0.15, 0.2) is 18.2 Å². The fourth-order valence-electron chi connectivity index (χ4n) is 3.92. The van der Waals surface area contributed by atoms with Crippen LogP contribution in [-0.2, 0) is 0 Å². The molecule has 1 aliphatic rings. The molecule has 0 bridgehead atoms. The highest BCUT2D eigenvalue weighted by Crippen LogP contribution is 2.45. The third-order valence-electron chi connectivity index (χ3n) is 5.24. The summed E-state index contributed by atoms with van der Waals surface area (Å²) in [5.74, 6) is 2.18. The van der Waals surface area contributed by atoms with Crippen molar-refractivity contribution in [2.45, 2.75) is 46.5 Å². The van der Waals surface area contributed by atoms with Crippen molar-refractivity contribution in [2.75, 3.05) is 13.7 Å². The van der Waals surface area contributed by atoms with Crippen molar-refractivity contribution < 1.29 is 9.47 Å². The van der Waals surface area contributed by atoms with Crippen LogP contribution >= 0.6 is 12.4 Å². The van der Waals surface area contributed by atoms with Gasteiger partial charge in [-0.1, -0.05) is 0 Å². The molecule has 2 aromatic heterocycles. The normalized spacial score (nSPS) is 13.5. The quantitative estimate of drug-likeness (QED) is 0.614. The molecular weight excluding hydrogens is 362 g/mol. The monoisotopic (exact) mass is 387 g/mol. The number of hydrogen-bond donors (Lipinski definition) is 0. The van der Waals surface area contributed by atoms with E-state index in [9.17, 15) is 0 Å². The number of fused-ring (bicyclic) bond motifs is 1. The topological polar surface area (TPSA) is 49.2 Å². The second kappa shape index (κ2) is 7.39. The van der Waals surface area contributed by atoms with Crippen molar-refractivity contribution in [1.82, 2.24) is 14.8 Å². The Morgan fingerprint density at radius 1 is 1.07 bits per heavy atom. The minimum Gasteiger partial charge on any atom is -0.494 e. The van der Waals surface area contributed by atoms with E-state index in [0.717, 1.165) is 28.6 Å². The van der Waals surface area contributed by atoms with Crippen molar-refractivity contribution in [3.05, 3.63) is 41.0 Å². The fourth-order valence-corrected chi connectivity index (χ4v) is 3.92. The molecular formula is C21H26ClN3O2. The number of hydrogen-bond acceptors (Lipinski definition) is 4. The molecule has 5 nitrogen and oxygen atoms in total. The lowest BCUT2D eigenvalue weighted by Crippen LogP contribution is -2.03. The van der Waals surface area contributed by atoms with Crippen LogP contribution in [0.5, 0.6) is 11.5 Å². The lowest BCUT2D eigenvalue weighted by Gasteiger charge is -2.15. The van der Waals surface area contributed by atoms with Gasteiger partial charge in [0, 0.05) is 34.1 Å². The summed E-state index contributed by atoms with van der Waals surface area (Å²) in [4.78, 5) is 0. The predicted octanol–water partition coefficient (Wildman–Crippen LogP) is 5.05. The molecule has 144 valence electrons. The highest BCUT2D eigenvalue weighted by atomic mass is 35.5. The molecule has 2 heterocycles. The number of halogens is 1. The molecule has 0 amide bonds. The molecule has 0 saturated heterocycles. The van der Waals surface area contributed by atoms with Crippen molar-refractivity contribution in [2.24, 2.45) is 0 Å². The van der Waals surface area contributed by atoms with E-state index in [0.29, 0.717) is 12.5 Å². The maximum Gasteiger partial charge on any atom is 0.146 e. The van der Waals surface area contributed by atoms with Crippen LogP contribution in [0.2, 0.25) is 0 Å². The van der Waals surface area contributed by atoms with E-state index in [1.807, 2.05) is 26.0 Å². The summed E-state index contributed by atoms with van der Waals surface area (Å²) in [7, 11) is 1.70. The van der Waals surface area contributed by atoms with Crippen molar-refractivity contribution in [3.63, 3.8) is 0 Å². The summed E-state index contributed by atoms with van der Waals surface area (Å²) in [6.07, 6.45) is 2.42. The van der Waals surface area contributed by atoms with Crippen LogP contribution in [0.4, 0.5) is 0 Å². The largest absolute Gasteiger partial charge is 0.494 e. The second-order valence-corrected chi connectivity index (χ2v) is 6.97. The summed E-state index contributed by atoms with van der Waals surface area (Å²) in [5.41, 5.74) is 5.51. The van der Waals surface area contributed by atoms with E-state index in [2.05, 4.69) is 34.7 Å². The van der Waals surface area contributed by atoms with E-state index in [1.54, 1.807) is 7.11 Å².